The molecule has 1 saturated heterocycles. The van der Waals surface area contributed by atoms with E-state index in [0.717, 1.165) is 69.7 Å². The number of rotatable bonds is 8. The Labute approximate surface area is 179 Å². The molecule has 0 aliphatic carbocycles. The first kappa shape index (κ1) is 23.5. The van der Waals surface area contributed by atoms with Crippen molar-refractivity contribution >= 4 is 41.5 Å². The number of benzene rings is 1. The number of nitrogens with zero attached hydrogens (tertiary/aromatic N) is 1. The number of halogens is 2. The van der Waals surface area contributed by atoms with Crippen molar-refractivity contribution in [3.05, 3.63) is 34.9 Å². The molecule has 0 amide bonds. The molecule has 1 fully saturated rings. The lowest BCUT2D eigenvalue weighted by atomic mass is 9.74. The minimum absolute atomic E-state index is 0. The van der Waals surface area contributed by atoms with Crippen molar-refractivity contribution in [1.82, 2.24) is 10.6 Å². The van der Waals surface area contributed by atoms with Crippen molar-refractivity contribution in [3.8, 4) is 0 Å². The van der Waals surface area contributed by atoms with E-state index in [1.54, 1.807) is 7.11 Å². The molecule has 0 radical (unpaired) electrons. The van der Waals surface area contributed by atoms with Crippen LogP contribution in [0.15, 0.2) is 29.3 Å². The molecule has 1 heterocycles. The number of ether oxygens (including phenoxy) is 2. The van der Waals surface area contributed by atoms with Gasteiger partial charge < -0.3 is 20.1 Å². The van der Waals surface area contributed by atoms with E-state index in [1.807, 2.05) is 12.1 Å². The Kier molecular flexibility index (Phi) is 11.5. The maximum absolute atomic E-state index is 6.23. The van der Waals surface area contributed by atoms with Gasteiger partial charge in [0.15, 0.2) is 5.96 Å². The van der Waals surface area contributed by atoms with Crippen LogP contribution in [0.2, 0.25) is 5.02 Å². The van der Waals surface area contributed by atoms with Crippen molar-refractivity contribution in [2.24, 2.45) is 4.99 Å². The molecule has 0 saturated carbocycles. The highest BCUT2D eigenvalue weighted by Gasteiger charge is 2.34. The minimum Gasteiger partial charge on any atom is -0.385 e. The molecular formula is C19H31ClIN3O2. The molecule has 0 bridgehead atoms. The van der Waals surface area contributed by atoms with Gasteiger partial charge in [-0.2, -0.15) is 0 Å². The predicted molar refractivity (Wildman–Crippen MR) is 119 cm³/mol. The SMILES string of the molecule is CCNC(=NCC1(c2cccc(Cl)c2)CCOCC1)NCCCOC.I. The van der Waals surface area contributed by atoms with Crippen LogP contribution in [-0.2, 0) is 14.9 Å². The van der Waals surface area contributed by atoms with Gasteiger partial charge >= 0.3 is 0 Å². The van der Waals surface area contributed by atoms with Crippen LogP contribution in [0.4, 0.5) is 0 Å². The molecule has 2 N–H and O–H groups in total. The minimum atomic E-state index is -0.0158. The summed E-state index contributed by atoms with van der Waals surface area (Å²) >= 11 is 6.23. The summed E-state index contributed by atoms with van der Waals surface area (Å²) in [5, 5.41) is 7.47. The van der Waals surface area contributed by atoms with Crippen LogP contribution >= 0.6 is 35.6 Å². The lowest BCUT2D eigenvalue weighted by Gasteiger charge is -2.36. The quantitative estimate of drug-likeness (QED) is 0.250. The van der Waals surface area contributed by atoms with E-state index in [9.17, 15) is 0 Å². The summed E-state index contributed by atoms with van der Waals surface area (Å²) in [5.74, 6) is 0.853. The second-order valence-corrected chi connectivity index (χ2v) is 6.81. The van der Waals surface area contributed by atoms with E-state index in [-0.39, 0.29) is 29.4 Å². The normalized spacial score (nSPS) is 16.7. The molecule has 26 heavy (non-hydrogen) atoms. The molecule has 148 valence electrons. The van der Waals surface area contributed by atoms with Gasteiger partial charge in [0.25, 0.3) is 0 Å². The predicted octanol–water partition coefficient (Wildman–Crippen LogP) is 3.60. The third-order valence-corrected chi connectivity index (χ3v) is 4.82. The summed E-state index contributed by atoms with van der Waals surface area (Å²) in [6.45, 7) is 6.75. The maximum Gasteiger partial charge on any atom is 0.191 e. The Bertz CT molecular complexity index is 551. The Morgan fingerprint density at radius 3 is 2.73 bits per heavy atom. The van der Waals surface area contributed by atoms with Gasteiger partial charge in [0.2, 0.25) is 0 Å². The van der Waals surface area contributed by atoms with Crippen LogP contribution in [0.1, 0.15) is 31.7 Å². The van der Waals surface area contributed by atoms with E-state index in [2.05, 4.69) is 29.7 Å². The van der Waals surface area contributed by atoms with Crippen LogP contribution in [0, 0.1) is 0 Å². The molecule has 1 aromatic rings. The monoisotopic (exact) mass is 495 g/mol. The van der Waals surface area contributed by atoms with Crippen LogP contribution in [0.3, 0.4) is 0 Å². The zero-order valence-electron chi connectivity index (χ0n) is 15.7. The van der Waals surface area contributed by atoms with Crippen molar-refractivity contribution in [1.29, 1.82) is 0 Å². The number of guanidine groups is 1. The molecule has 2 rings (SSSR count). The van der Waals surface area contributed by atoms with Gasteiger partial charge in [-0.25, -0.2) is 0 Å². The number of hydrogen-bond donors (Lipinski definition) is 2. The summed E-state index contributed by atoms with van der Waals surface area (Å²) < 4.78 is 10.7. The third-order valence-electron chi connectivity index (χ3n) is 4.59. The second kappa shape index (κ2) is 12.8. The molecule has 1 aromatic carbocycles. The Morgan fingerprint density at radius 1 is 1.31 bits per heavy atom. The van der Waals surface area contributed by atoms with E-state index in [4.69, 9.17) is 26.1 Å². The molecule has 0 spiro atoms. The van der Waals surface area contributed by atoms with Gasteiger partial charge in [-0.3, -0.25) is 4.99 Å². The van der Waals surface area contributed by atoms with E-state index < -0.39 is 0 Å². The second-order valence-electron chi connectivity index (χ2n) is 6.37. The van der Waals surface area contributed by atoms with Crippen LogP contribution in [0.25, 0.3) is 0 Å². The number of hydrogen-bond acceptors (Lipinski definition) is 3. The van der Waals surface area contributed by atoms with Gasteiger partial charge in [-0.15, -0.1) is 24.0 Å². The van der Waals surface area contributed by atoms with Crippen LogP contribution in [-0.4, -0.2) is 52.5 Å². The smallest absolute Gasteiger partial charge is 0.191 e. The van der Waals surface area contributed by atoms with Gasteiger partial charge in [0, 0.05) is 50.5 Å². The highest BCUT2D eigenvalue weighted by molar-refractivity contribution is 14.0. The zero-order chi connectivity index (χ0) is 18.0. The average Bonchev–Trinajstić information content (AvgIpc) is 2.64. The third kappa shape index (κ3) is 7.21. The van der Waals surface area contributed by atoms with Crippen molar-refractivity contribution < 1.29 is 9.47 Å². The van der Waals surface area contributed by atoms with E-state index in [0.29, 0.717) is 0 Å². The first-order valence-electron chi connectivity index (χ1n) is 9.05. The van der Waals surface area contributed by atoms with Gasteiger partial charge in [0.05, 0.1) is 6.54 Å². The first-order valence-corrected chi connectivity index (χ1v) is 9.43. The highest BCUT2D eigenvalue weighted by Crippen LogP contribution is 2.36. The molecule has 0 unspecified atom stereocenters. The van der Waals surface area contributed by atoms with Crippen LogP contribution < -0.4 is 10.6 Å². The summed E-state index contributed by atoms with van der Waals surface area (Å²) in [6, 6.07) is 8.17. The molecule has 5 nitrogen and oxygen atoms in total. The molecule has 1 aliphatic rings. The summed E-state index contributed by atoms with van der Waals surface area (Å²) in [6.07, 6.45) is 2.87. The Hall–Kier alpha value is -0.570. The van der Waals surface area contributed by atoms with Crippen LogP contribution in [0.5, 0.6) is 0 Å². The van der Waals surface area contributed by atoms with E-state index >= 15 is 0 Å². The van der Waals surface area contributed by atoms with Gasteiger partial charge in [0.1, 0.15) is 0 Å². The molecule has 0 aromatic heterocycles. The fourth-order valence-electron chi connectivity index (χ4n) is 3.11. The number of aliphatic imine (C=N–C) groups is 1. The molecule has 1 aliphatic heterocycles. The number of nitrogens with one attached hydrogen (secondary N) is 2. The fourth-order valence-corrected chi connectivity index (χ4v) is 3.30. The summed E-state index contributed by atoms with van der Waals surface area (Å²) in [4.78, 5) is 4.87. The molecule has 7 heteroatoms. The van der Waals surface area contributed by atoms with Crippen molar-refractivity contribution in [2.75, 3.05) is 46.6 Å². The summed E-state index contributed by atoms with van der Waals surface area (Å²) in [5.41, 5.74) is 1.24. The standard InChI is InChI=1S/C19H30ClN3O2.HI/c1-3-21-18(22-10-5-11-24-2)23-15-19(8-12-25-13-9-19)16-6-4-7-17(20)14-16;/h4,6-7,14H,3,5,8-13,15H2,1-2H3,(H2,21,22,23);1H. The largest absolute Gasteiger partial charge is 0.385 e. The first-order chi connectivity index (χ1) is 12.2. The Morgan fingerprint density at radius 2 is 2.08 bits per heavy atom. The lowest BCUT2D eigenvalue weighted by molar-refractivity contribution is 0.0531. The van der Waals surface area contributed by atoms with Gasteiger partial charge in [-0.1, -0.05) is 23.7 Å². The number of methoxy groups -OCH3 is 1. The molecular weight excluding hydrogens is 465 g/mol. The summed E-state index contributed by atoms with van der Waals surface area (Å²) in [7, 11) is 1.72. The fraction of sp³-hybridized carbons (Fsp3) is 0.632. The lowest BCUT2D eigenvalue weighted by Crippen LogP contribution is -2.41. The van der Waals surface area contributed by atoms with Gasteiger partial charge in [-0.05, 0) is 43.9 Å². The highest BCUT2D eigenvalue weighted by atomic mass is 127. The zero-order valence-corrected chi connectivity index (χ0v) is 18.8. The maximum atomic E-state index is 6.23. The van der Waals surface area contributed by atoms with Crippen molar-refractivity contribution in [2.45, 2.75) is 31.6 Å². The molecule has 0 atom stereocenters. The van der Waals surface area contributed by atoms with Crippen molar-refractivity contribution in [3.63, 3.8) is 0 Å². The average molecular weight is 496 g/mol. The van der Waals surface area contributed by atoms with E-state index in [1.165, 1.54) is 5.56 Å². The Balaban J connectivity index is 0.00000338. The topological polar surface area (TPSA) is 54.9 Å².